The lowest BCUT2D eigenvalue weighted by Crippen LogP contribution is -2.03. The standard InChI is InChI=1S/C15H16N4O3/c1-10(2)5-6-22-14-4-3-12(7-11(14)8-16)19-9-13(15(20)21)17-18-19/h3-4,7,9-10H,5-6H2,1-2H3,(H,20,21). The quantitative estimate of drug-likeness (QED) is 0.878. The molecule has 1 aromatic heterocycles. The Morgan fingerprint density at radius 2 is 2.27 bits per heavy atom. The van der Waals surface area contributed by atoms with Crippen LogP contribution in [0.25, 0.3) is 5.69 Å². The van der Waals surface area contributed by atoms with Gasteiger partial charge < -0.3 is 9.84 Å². The van der Waals surface area contributed by atoms with Crippen LogP contribution < -0.4 is 4.74 Å². The van der Waals surface area contributed by atoms with E-state index in [0.717, 1.165) is 6.42 Å². The second-order valence-electron chi connectivity index (χ2n) is 5.18. The van der Waals surface area contributed by atoms with E-state index in [1.165, 1.54) is 10.9 Å². The van der Waals surface area contributed by atoms with Crippen molar-refractivity contribution in [1.82, 2.24) is 15.0 Å². The lowest BCUT2D eigenvalue weighted by atomic mass is 10.1. The third-order valence-corrected chi connectivity index (χ3v) is 3.01. The first kappa shape index (κ1) is 15.5. The molecule has 2 aromatic rings. The summed E-state index contributed by atoms with van der Waals surface area (Å²) in [6, 6.07) is 7.04. The van der Waals surface area contributed by atoms with Gasteiger partial charge in [-0.05, 0) is 30.5 Å². The summed E-state index contributed by atoms with van der Waals surface area (Å²) in [4.78, 5) is 10.8. The average molecular weight is 300 g/mol. The molecule has 0 bridgehead atoms. The van der Waals surface area contributed by atoms with Crippen molar-refractivity contribution in [2.24, 2.45) is 5.92 Å². The van der Waals surface area contributed by atoms with Crippen molar-refractivity contribution in [3.63, 3.8) is 0 Å². The van der Waals surface area contributed by atoms with Gasteiger partial charge in [0.2, 0.25) is 0 Å². The average Bonchev–Trinajstić information content (AvgIpc) is 2.97. The Bertz CT molecular complexity index is 716. The van der Waals surface area contributed by atoms with Gasteiger partial charge in [0.25, 0.3) is 0 Å². The van der Waals surface area contributed by atoms with Crippen LogP contribution in [-0.4, -0.2) is 32.7 Å². The highest BCUT2D eigenvalue weighted by Gasteiger charge is 2.11. The van der Waals surface area contributed by atoms with Crippen molar-refractivity contribution < 1.29 is 14.6 Å². The molecule has 0 aliphatic rings. The monoisotopic (exact) mass is 300 g/mol. The van der Waals surface area contributed by atoms with Gasteiger partial charge in [-0.1, -0.05) is 19.1 Å². The summed E-state index contributed by atoms with van der Waals surface area (Å²) in [6.45, 7) is 4.74. The topological polar surface area (TPSA) is 101 Å². The molecule has 0 aliphatic heterocycles. The largest absolute Gasteiger partial charge is 0.492 e. The zero-order valence-corrected chi connectivity index (χ0v) is 12.4. The minimum Gasteiger partial charge on any atom is -0.492 e. The molecule has 1 N–H and O–H groups in total. The minimum absolute atomic E-state index is 0.157. The number of aromatic nitrogens is 3. The first-order chi connectivity index (χ1) is 10.5. The number of aromatic carboxylic acids is 1. The predicted molar refractivity (Wildman–Crippen MR) is 78.0 cm³/mol. The van der Waals surface area contributed by atoms with E-state index in [2.05, 4.69) is 30.2 Å². The number of hydrogen-bond donors (Lipinski definition) is 1. The molecule has 2 rings (SSSR count). The van der Waals surface area contributed by atoms with E-state index < -0.39 is 5.97 Å². The maximum absolute atomic E-state index is 10.8. The number of nitriles is 1. The van der Waals surface area contributed by atoms with Crippen molar-refractivity contribution in [2.75, 3.05) is 6.61 Å². The molecule has 0 amide bonds. The van der Waals surface area contributed by atoms with E-state index in [1.807, 2.05) is 0 Å². The van der Waals surface area contributed by atoms with Crippen molar-refractivity contribution >= 4 is 5.97 Å². The van der Waals surface area contributed by atoms with Gasteiger partial charge in [-0.15, -0.1) is 5.10 Å². The highest BCUT2D eigenvalue weighted by atomic mass is 16.5. The minimum atomic E-state index is -1.15. The number of carbonyl (C=O) groups is 1. The summed E-state index contributed by atoms with van der Waals surface area (Å²) in [5, 5.41) is 25.3. The van der Waals surface area contributed by atoms with Gasteiger partial charge in [-0.2, -0.15) is 5.26 Å². The zero-order valence-electron chi connectivity index (χ0n) is 12.4. The molecular weight excluding hydrogens is 284 g/mol. The van der Waals surface area contributed by atoms with E-state index in [9.17, 15) is 10.1 Å². The number of ether oxygens (including phenoxy) is 1. The number of carboxylic acid groups (broad SMARTS) is 1. The van der Waals surface area contributed by atoms with Crippen LogP contribution in [-0.2, 0) is 0 Å². The van der Waals surface area contributed by atoms with Crippen molar-refractivity contribution in [1.29, 1.82) is 5.26 Å². The van der Waals surface area contributed by atoms with Crippen molar-refractivity contribution in [3.05, 3.63) is 35.7 Å². The molecule has 114 valence electrons. The van der Waals surface area contributed by atoms with E-state index in [1.54, 1.807) is 18.2 Å². The van der Waals surface area contributed by atoms with Crippen LogP contribution in [0, 0.1) is 17.2 Å². The molecule has 22 heavy (non-hydrogen) atoms. The number of benzene rings is 1. The van der Waals surface area contributed by atoms with E-state index >= 15 is 0 Å². The molecule has 7 heteroatoms. The lowest BCUT2D eigenvalue weighted by Gasteiger charge is -2.10. The van der Waals surface area contributed by atoms with Gasteiger partial charge in [0, 0.05) is 0 Å². The third-order valence-electron chi connectivity index (χ3n) is 3.01. The van der Waals surface area contributed by atoms with Crippen LogP contribution in [0.4, 0.5) is 0 Å². The van der Waals surface area contributed by atoms with Crippen LogP contribution in [0.1, 0.15) is 36.3 Å². The third kappa shape index (κ3) is 3.61. The molecule has 0 fully saturated rings. The summed E-state index contributed by atoms with van der Waals surface area (Å²) in [7, 11) is 0. The maximum Gasteiger partial charge on any atom is 0.358 e. The fraction of sp³-hybridized carbons (Fsp3) is 0.333. The van der Waals surface area contributed by atoms with Crippen LogP contribution in [0.15, 0.2) is 24.4 Å². The number of nitrogens with zero attached hydrogens (tertiary/aromatic N) is 4. The summed E-state index contributed by atoms with van der Waals surface area (Å²) in [5.74, 6) is -0.125. The number of hydrogen-bond acceptors (Lipinski definition) is 5. The molecule has 0 radical (unpaired) electrons. The van der Waals surface area contributed by atoms with Crippen LogP contribution in [0.2, 0.25) is 0 Å². The fourth-order valence-corrected chi connectivity index (χ4v) is 1.77. The molecule has 0 saturated carbocycles. The predicted octanol–water partition coefficient (Wildman–Crippen LogP) is 2.26. The van der Waals surface area contributed by atoms with Crippen LogP contribution in [0.3, 0.4) is 0 Å². The normalized spacial score (nSPS) is 10.5. The molecule has 1 aromatic carbocycles. The van der Waals surface area contributed by atoms with Gasteiger partial charge in [0.15, 0.2) is 5.69 Å². The van der Waals surface area contributed by atoms with Gasteiger partial charge in [0.05, 0.1) is 24.1 Å². The zero-order chi connectivity index (χ0) is 16.1. The van der Waals surface area contributed by atoms with Crippen LogP contribution in [0.5, 0.6) is 5.75 Å². The Kier molecular flexibility index (Phi) is 4.73. The highest BCUT2D eigenvalue weighted by molar-refractivity contribution is 5.84. The lowest BCUT2D eigenvalue weighted by molar-refractivity contribution is 0.0690. The van der Waals surface area contributed by atoms with Gasteiger partial charge in [-0.3, -0.25) is 0 Å². The van der Waals surface area contributed by atoms with Crippen molar-refractivity contribution in [2.45, 2.75) is 20.3 Å². The molecule has 0 saturated heterocycles. The number of rotatable bonds is 6. The van der Waals surface area contributed by atoms with Gasteiger partial charge in [0.1, 0.15) is 11.8 Å². The Hall–Kier alpha value is -2.88. The summed E-state index contributed by atoms with van der Waals surface area (Å²) in [6.07, 6.45) is 2.19. The summed E-state index contributed by atoms with van der Waals surface area (Å²) < 4.78 is 6.92. The van der Waals surface area contributed by atoms with Crippen LogP contribution >= 0.6 is 0 Å². The molecule has 1 heterocycles. The van der Waals surface area contributed by atoms with E-state index in [4.69, 9.17) is 9.84 Å². The fourth-order valence-electron chi connectivity index (χ4n) is 1.77. The Labute approximate surface area is 127 Å². The summed E-state index contributed by atoms with van der Waals surface area (Å²) in [5.41, 5.74) is 0.761. The van der Waals surface area contributed by atoms with Gasteiger partial charge >= 0.3 is 5.97 Å². The molecule has 0 aliphatic carbocycles. The first-order valence-corrected chi connectivity index (χ1v) is 6.84. The smallest absolute Gasteiger partial charge is 0.358 e. The SMILES string of the molecule is CC(C)CCOc1ccc(-n2cc(C(=O)O)nn2)cc1C#N. The van der Waals surface area contributed by atoms with E-state index in [0.29, 0.717) is 29.5 Å². The Morgan fingerprint density at radius 1 is 1.50 bits per heavy atom. The molecule has 0 spiro atoms. The second kappa shape index (κ2) is 6.72. The first-order valence-electron chi connectivity index (χ1n) is 6.84. The maximum atomic E-state index is 10.8. The van der Waals surface area contributed by atoms with E-state index in [-0.39, 0.29) is 5.69 Å². The molecular formula is C15H16N4O3. The van der Waals surface area contributed by atoms with Crippen molar-refractivity contribution in [3.8, 4) is 17.5 Å². The Morgan fingerprint density at radius 3 is 2.86 bits per heavy atom. The Balaban J connectivity index is 2.21. The molecule has 7 nitrogen and oxygen atoms in total. The molecule has 0 unspecified atom stereocenters. The van der Waals surface area contributed by atoms with Gasteiger partial charge in [-0.25, -0.2) is 9.48 Å². The highest BCUT2D eigenvalue weighted by Crippen LogP contribution is 2.22. The molecule has 0 atom stereocenters. The summed E-state index contributed by atoms with van der Waals surface area (Å²) >= 11 is 0. The number of carboxylic acids is 1. The second-order valence-corrected chi connectivity index (χ2v) is 5.18.